The number of aromatic nitrogens is 2. The maximum atomic E-state index is 12.2. The molecular formula is C20H22N4O2S. The van der Waals surface area contributed by atoms with E-state index in [-0.39, 0.29) is 11.6 Å². The third kappa shape index (κ3) is 5.52. The van der Waals surface area contributed by atoms with Gasteiger partial charge in [0.15, 0.2) is 11.6 Å². The van der Waals surface area contributed by atoms with Crippen molar-refractivity contribution in [3.63, 3.8) is 0 Å². The Morgan fingerprint density at radius 2 is 1.59 bits per heavy atom. The molecule has 0 spiro atoms. The molecule has 3 aromatic rings. The summed E-state index contributed by atoms with van der Waals surface area (Å²) in [6.07, 6.45) is 0.440. The first-order valence-electron chi connectivity index (χ1n) is 8.64. The first kappa shape index (κ1) is 18.8. The lowest BCUT2D eigenvalue weighted by molar-refractivity contribution is 0.600. The van der Waals surface area contributed by atoms with Gasteiger partial charge in [-0.3, -0.25) is 4.72 Å². The number of rotatable bonds is 7. The molecule has 0 aliphatic heterocycles. The van der Waals surface area contributed by atoms with Crippen molar-refractivity contribution in [2.24, 2.45) is 0 Å². The Labute approximate surface area is 159 Å². The molecule has 0 unspecified atom stereocenters. The standard InChI is InChI=1S/C20H22N4O2S/c1-15-8-9-16(2)18(14-15)21-19-10-11-20(23-22-19)24-27(25,26)13-12-17-6-4-3-5-7-17/h3-11,14H,12-13H2,1-2H3,(H,21,22)(H,23,24). The smallest absolute Gasteiger partial charge is 0.234 e. The number of nitrogens with zero attached hydrogens (tertiary/aromatic N) is 2. The summed E-state index contributed by atoms with van der Waals surface area (Å²) in [5, 5.41) is 11.2. The van der Waals surface area contributed by atoms with Gasteiger partial charge < -0.3 is 5.32 Å². The number of nitrogens with one attached hydrogen (secondary N) is 2. The predicted molar refractivity (Wildman–Crippen MR) is 109 cm³/mol. The first-order valence-corrected chi connectivity index (χ1v) is 10.3. The quantitative estimate of drug-likeness (QED) is 0.649. The van der Waals surface area contributed by atoms with Crippen LogP contribution in [0.3, 0.4) is 0 Å². The fourth-order valence-corrected chi connectivity index (χ4v) is 3.60. The van der Waals surface area contributed by atoms with Gasteiger partial charge in [0.2, 0.25) is 10.0 Å². The Bertz CT molecular complexity index is 1000. The highest BCUT2D eigenvalue weighted by molar-refractivity contribution is 7.92. The summed E-state index contributed by atoms with van der Waals surface area (Å²) in [5.41, 5.74) is 4.15. The van der Waals surface area contributed by atoms with Gasteiger partial charge in [-0.15, -0.1) is 10.2 Å². The average molecular weight is 382 g/mol. The molecule has 140 valence electrons. The maximum Gasteiger partial charge on any atom is 0.234 e. The van der Waals surface area contributed by atoms with E-state index in [0.29, 0.717) is 12.2 Å². The zero-order valence-corrected chi connectivity index (χ0v) is 16.1. The van der Waals surface area contributed by atoms with Crippen LogP contribution in [-0.2, 0) is 16.4 Å². The van der Waals surface area contributed by atoms with Gasteiger partial charge in [-0.1, -0.05) is 42.5 Å². The fourth-order valence-electron chi connectivity index (χ4n) is 2.57. The van der Waals surface area contributed by atoms with Crippen molar-refractivity contribution in [1.29, 1.82) is 0 Å². The molecule has 0 bridgehead atoms. The van der Waals surface area contributed by atoms with Crippen LogP contribution in [0.4, 0.5) is 17.3 Å². The van der Waals surface area contributed by atoms with Gasteiger partial charge in [-0.05, 0) is 55.2 Å². The summed E-state index contributed by atoms with van der Waals surface area (Å²) >= 11 is 0. The SMILES string of the molecule is Cc1ccc(C)c(Nc2ccc(NS(=O)(=O)CCc3ccccc3)nn2)c1. The Balaban J connectivity index is 1.62. The maximum absolute atomic E-state index is 12.2. The Hall–Kier alpha value is -2.93. The summed E-state index contributed by atoms with van der Waals surface area (Å²) in [4.78, 5) is 0. The topological polar surface area (TPSA) is 84.0 Å². The van der Waals surface area contributed by atoms with Crippen LogP contribution in [0.15, 0.2) is 60.7 Å². The first-order chi connectivity index (χ1) is 12.9. The van der Waals surface area contributed by atoms with E-state index in [1.54, 1.807) is 12.1 Å². The van der Waals surface area contributed by atoms with Crippen LogP contribution >= 0.6 is 0 Å². The molecule has 2 aromatic carbocycles. The Morgan fingerprint density at radius 3 is 2.30 bits per heavy atom. The molecule has 0 fully saturated rings. The molecule has 6 nitrogen and oxygen atoms in total. The van der Waals surface area contributed by atoms with E-state index >= 15 is 0 Å². The zero-order chi connectivity index (χ0) is 19.3. The van der Waals surface area contributed by atoms with E-state index < -0.39 is 10.0 Å². The second-order valence-corrected chi connectivity index (χ2v) is 8.25. The number of sulfonamides is 1. The van der Waals surface area contributed by atoms with Crippen LogP contribution in [0.2, 0.25) is 0 Å². The highest BCUT2D eigenvalue weighted by atomic mass is 32.2. The van der Waals surface area contributed by atoms with Crippen molar-refractivity contribution in [1.82, 2.24) is 10.2 Å². The van der Waals surface area contributed by atoms with Crippen LogP contribution in [0.1, 0.15) is 16.7 Å². The molecule has 0 saturated carbocycles. The summed E-state index contributed by atoms with van der Waals surface area (Å²) in [5.74, 6) is 0.742. The molecule has 3 rings (SSSR count). The van der Waals surface area contributed by atoms with Crippen molar-refractivity contribution in [2.45, 2.75) is 20.3 Å². The molecule has 0 saturated heterocycles. The number of aryl methyl sites for hydroxylation is 3. The predicted octanol–water partition coefficient (Wildman–Crippen LogP) is 3.82. The lowest BCUT2D eigenvalue weighted by Crippen LogP contribution is -2.19. The summed E-state index contributed by atoms with van der Waals surface area (Å²) in [6.45, 7) is 4.02. The molecule has 7 heteroatoms. The Morgan fingerprint density at radius 1 is 0.889 bits per heavy atom. The normalized spacial score (nSPS) is 11.2. The van der Waals surface area contributed by atoms with E-state index in [1.807, 2.05) is 62.4 Å². The highest BCUT2D eigenvalue weighted by Crippen LogP contribution is 2.20. The highest BCUT2D eigenvalue weighted by Gasteiger charge is 2.12. The van der Waals surface area contributed by atoms with Gasteiger partial charge in [0.1, 0.15) is 0 Å². The van der Waals surface area contributed by atoms with E-state index in [1.165, 1.54) is 0 Å². The molecule has 0 radical (unpaired) electrons. The van der Waals surface area contributed by atoms with Crippen LogP contribution in [0, 0.1) is 13.8 Å². The number of anilines is 3. The van der Waals surface area contributed by atoms with E-state index in [2.05, 4.69) is 20.2 Å². The van der Waals surface area contributed by atoms with Crippen molar-refractivity contribution >= 4 is 27.3 Å². The number of hydrogen-bond donors (Lipinski definition) is 2. The van der Waals surface area contributed by atoms with Crippen LogP contribution in [0.25, 0.3) is 0 Å². The monoisotopic (exact) mass is 382 g/mol. The molecule has 0 atom stereocenters. The molecular weight excluding hydrogens is 360 g/mol. The molecule has 1 aromatic heterocycles. The van der Waals surface area contributed by atoms with Crippen LogP contribution in [-0.4, -0.2) is 24.4 Å². The molecule has 1 heterocycles. The molecule has 2 N–H and O–H groups in total. The average Bonchev–Trinajstić information content (AvgIpc) is 2.65. The van der Waals surface area contributed by atoms with Gasteiger partial charge in [-0.2, -0.15) is 0 Å². The lowest BCUT2D eigenvalue weighted by atomic mass is 10.1. The van der Waals surface area contributed by atoms with Crippen molar-refractivity contribution in [2.75, 3.05) is 15.8 Å². The number of benzene rings is 2. The van der Waals surface area contributed by atoms with Gasteiger partial charge >= 0.3 is 0 Å². The van der Waals surface area contributed by atoms with E-state index in [0.717, 1.165) is 22.4 Å². The summed E-state index contributed by atoms with van der Waals surface area (Å²) < 4.78 is 26.9. The third-order valence-corrected chi connectivity index (χ3v) is 5.34. The molecule has 0 amide bonds. The van der Waals surface area contributed by atoms with Gasteiger partial charge in [0.05, 0.1) is 5.75 Å². The van der Waals surface area contributed by atoms with Gasteiger partial charge in [-0.25, -0.2) is 8.42 Å². The second kappa shape index (κ2) is 8.18. The Kier molecular flexibility index (Phi) is 5.71. The van der Waals surface area contributed by atoms with Crippen molar-refractivity contribution in [3.05, 3.63) is 77.4 Å². The fraction of sp³-hybridized carbons (Fsp3) is 0.200. The molecule has 0 aliphatic rings. The summed E-state index contributed by atoms with van der Waals surface area (Å²) in [6, 6.07) is 18.9. The lowest BCUT2D eigenvalue weighted by Gasteiger charge is -2.10. The molecule has 0 aliphatic carbocycles. The summed E-state index contributed by atoms with van der Waals surface area (Å²) in [7, 11) is -3.49. The van der Waals surface area contributed by atoms with Crippen molar-refractivity contribution in [3.8, 4) is 0 Å². The number of hydrogen-bond acceptors (Lipinski definition) is 5. The second-order valence-electron chi connectivity index (χ2n) is 6.40. The minimum atomic E-state index is -3.49. The van der Waals surface area contributed by atoms with E-state index in [9.17, 15) is 8.42 Å². The van der Waals surface area contributed by atoms with Crippen LogP contribution in [0.5, 0.6) is 0 Å². The largest absolute Gasteiger partial charge is 0.339 e. The van der Waals surface area contributed by atoms with Crippen molar-refractivity contribution < 1.29 is 8.42 Å². The van der Waals surface area contributed by atoms with Gasteiger partial charge in [0, 0.05) is 5.69 Å². The van der Waals surface area contributed by atoms with Gasteiger partial charge in [0.25, 0.3) is 0 Å². The van der Waals surface area contributed by atoms with E-state index in [4.69, 9.17) is 0 Å². The third-order valence-electron chi connectivity index (χ3n) is 4.08. The minimum absolute atomic E-state index is 0.0127. The minimum Gasteiger partial charge on any atom is -0.339 e. The molecule has 27 heavy (non-hydrogen) atoms. The zero-order valence-electron chi connectivity index (χ0n) is 15.3. The van der Waals surface area contributed by atoms with Crippen LogP contribution < -0.4 is 10.0 Å².